The largest absolute Gasteiger partial charge is 0.143 e. The molecule has 0 bridgehead atoms. The van der Waals surface area contributed by atoms with Crippen LogP contribution >= 0.6 is 34.0 Å². The third-order valence-electron chi connectivity index (χ3n) is 11.5. The summed E-state index contributed by atoms with van der Waals surface area (Å²) in [6.45, 7) is 0. The van der Waals surface area contributed by atoms with Gasteiger partial charge in [0.1, 0.15) is 0 Å². The Balaban J connectivity index is 1.48. The van der Waals surface area contributed by atoms with E-state index in [1.165, 1.54) is 127 Å². The van der Waals surface area contributed by atoms with Gasteiger partial charge in [-0.3, -0.25) is 0 Å². The summed E-state index contributed by atoms with van der Waals surface area (Å²) >= 11 is 5.64. The van der Waals surface area contributed by atoms with Crippen molar-refractivity contribution in [2.24, 2.45) is 0 Å². The lowest BCUT2D eigenvalue weighted by Crippen LogP contribution is -1.92. The second-order valence-electron chi connectivity index (χ2n) is 14.0. The van der Waals surface area contributed by atoms with Crippen LogP contribution in [0.25, 0.3) is 127 Å². The van der Waals surface area contributed by atoms with E-state index in [4.69, 9.17) is 0 Å². The van der Waals surface area contributed by atoms with Crippen molar-refractivity contribution in [2.45, 2.75) is 0 Å². The van der Waals surface area contributed by atoms with Crippen molar-refractivity contribution in [3.63, 3.8) is 0 Å². The van der Waals surface area contributed by atoms with Crippen molar-refractivity contribution in [2.75, 3.05) is 0 Å². The molecule has 3 aromatic heterocycles. The molecule has 0 N–H and O–H groups in total. The highest BCUT2D eigenvalue weighted by Gasteiger charge is 2.25. The van der Waals surface area contributed by atoms with E-state index in [1.807, 2.05) is 34.0 Å². The molecule has 0 aliphatic heterocycles. The molecule has 234 valence electrons. The fourth-order valence-corrected chi connectivity index (χ4v) is 12.2. The van der Waals surface area contributed by atoms with Gasteiger partial charge in [0.05, 0.1) is 0 Å². The molecule has 10 aromatic carbocycles. The van der Waals surface area contributed by atoms with Crippen LogP contribution in [0, 0.1) is 0 Å². The Hall–Kier alpha value is -5.58. The summed E-state index contributed by atoms with van der Waals surface area (Å²) in [5.74, 6) is 0. The van der Waals surface area contributed by atoms with Gasteiger partial charge in [0.2, 0.25) is 0 Å². The minimum absolute atomic E-state index is 1.29. The van der Waals surface area contributed by atoms with Gasteiger partial charge in [0.25, 0.3) is 0 Å². The van der Waals surface area contributed by atoms with E-state index < -0.39 is 0 Å². The zero-order valence-corrected chi connectivity index (χ0v) is 29.5. The number of thiophene rings is 3. The summed E-state index contributed by atoms with van der Waals surface area (Å²) in [7, 11) is 0. The van der Waals surface area contributed by atoms with E-state index in [0.717, 1.165) is 0 Å². The summed E-state index contributed by atoms with van der Waals surface area (Å²) in [6, 6.07) is 48.6. The molecule has 0 nitrogen and oxygen atoms in total. The van der Waals surface area contributed by atoms with Crippen LogP contribution < -0.4 is 0 Å². The van der Waals surface area contributed by atoms with Crippen molar-refractivity contribution in [1.29, 1.82) is 0 Å². The molecule has 0 atom stereocenters. The molecule has 0 radical (unpaired) electrons. The summed E-state index contributed by atoms with van der Waals surface area (Å²) in [4.78, 5) is 0. The maximum absolute atomic E-state index is 2.49. The van der Waals surface area contributed by atoms with Crippen molar-refractivity contribution in [1.82, 2.24) is 0 Å². The van der Waals surface area contributed by atoms with Gasteiger partial charge in [-0.05, 0) is 135 Å². The normalized spacial score (nSPS) is 12.7. The molecule has 3 heterocycles. The van der Waals surface area contributed by atoms with Gasteiger partial charge in [0, 0.05) is 62.6 Å². The smallest absolute Gasteiger partial charge is 0.0428 e. The number of fused-ring (bicyclic) bond motifs is 24. The summed E-state index contributed by atoms with van der Waals surface area (Å²) in [5.41, 5.74) is 0. The van der Waals surface area contributed by atoms with Gasteiger partial charge < -0.3 is 0 Å². The first-order chi connectivity index (χ1) is 25.3. The topological polar surface area (TPSA) is 0 Å². The molecule has 0 aliphatic rings. The second kappa shape index (κ2) is 9.60. The highest BCUT2D eigenvalue weighted by atomic mass is 32.1. The quantitative estimate of drug-likeness (QED) is 0.109. The summed E-state index contributed by atoms with van der Waals surface area (Å²) < 4.78 is 4.12. The van der Waals surface area contributed by atoms with Gasteiger partial charge in [-0.2, -0.15) is 0 Å². The van der Waals surface area contributed by atoms with Crippen molar-refractivity contribution in [3.8, 4) is 0 Å². The molecule has 0 aliphatic carbocycles. The molecule has 0 saturated heterocycles. The lowest BCUT2D eigenvalue weighted by atomic mass is 9.82. The van der Waals surface area contributed by atoms with E-state index in [1.54, 1.807) is 0 Å². The Morgan fingerprint density at radius 2 is 0.471 bits per heavy atom. The van der Waals surface area contributed by atoms with Gasteiger partial charge in [-0.1, -0.05) is 72.8 Å². The average molecular weight is 697 g/mol. The number of hydrogen-bond acceptors (Lipinski definition) is 3. The van der Waals surface area contributed by atoms with Gasteiger partial charge in [-0.25, -0.2) is 0 Å². The Bertz CT molecular complexity index is 3280. The van der Waals surface area contributed by atoms with Crippen molar-refractivity contribution in [3.05, 3.63) is 144 Å². The fraction of sp³-hybridized carbons (Fsp3) is 0. The van der Waals surface area contributed by atoms with Crippen molar-refractivity contribution >= 4 is 161 Å². The molecule has 13 aromatic rings. The predicted octanol–water partition coefficient (Wildman–Crippen LogP) is 15.7. The van der Waals surface area contributed by atoms with Crippen molar-refractivity contribution < 1.29 is 0 Å². The maximum Gasteiger partial charge on any atom is 0.0428 e. The zero-order chi connectivity index (χ0) is 32.9. The molecule has 51 heavy (non-hydrogen) atoms. The molecule has 0 unspecified atom stereocenters. The summed E-state index contributed by atoms with van der Waals surface area (Å²) in [6.07, 6.45) is 0. The SMILES string of the molecule is c1ccc2cc3c(cc2c1)c1sccc1c1c3c2c3ccsc3c3cc4ccccc4cc3c2c2c3ccsc3c3cc4ccccc4cc3c12. The minimum atomic E-state index is 1.29. The number of benzene rings is 10. The van der Waals surface area contributed by atoms with Crippen LogP contribution in [-0.2, 0) is 0 Å². The molecular formula is C48H24S3. The highest BCUT2D eigenvalue weighted by molar-refractivity contribution is 7.19. The van der Waals surface area contributed by atoms with Crippen LogP contribution in [0.3, 0.4) is 0 Å². The Morgan fingerprint density at radius 3 is 0.745 bits per heavy atom. The Kier molecular flexibility index (Phi) is 5.11. The van der Waals surface area contributed by atoms with E-state index in [0.29, 0.717) is 0 Å². The van der Waals surface area contributed by atoms with Gasteiger partial charge >= 0.3 is 0 Å². The van der Waals surface area contributed by atoms with Crippen LogP contribution in [-0.4, -0.2) is 0 Å². The lowest BCUT2D eigenvalue weighted by Gasteiger charge is -2.20. The predicted molar refractivity (Wildman–Crippen MR) is 230 cm³/mol. The Morgan fingerprint density at radius 1 is 0.235 bits per heavy atom. The molecule has 13 rings (SSSR count). The lowest BCUT2D eigenvalue weighted by molar-refractivity contribution is 1.81. The first-order valence-electron chi connectivity index (χ1n) is 17.4. The molecule has 0 spiro atoms. The third-order valence-corrected chi connectivity index (χ3v) is 14.3. The standard InChI is InChI=1S/C48H24S3/c1-4-10-28-22-37-34(19-25(28)7-1)43-40(31-13-16-49-46(31)37)44-36-21-27-9-3-6-12-30(27)24-39(36)48-33(15-18-51-48)42(44)45-35-20-26-8-2-5-11-29(26)23-38(35)47-32(41(43)45)14-17-50-47/h1-24H. The molecular weight excluding hydrogens is 673 g/mol. The third kappa shape index (κ3) is 3.40. The molecule has 3 heteroatoms. The Labute approximate surface area is 303 Å². The minimum Gasteiger partial charge on any atom is -0.143 e. The highest BCUT2D eigenvalue weighted by Crippen LogP contribution is 2.54. The van der Waals surface area contributed by atoms with Gasteiger partial charge in [-0.15, -0.1) is 34.0 Å². The average Bonchev–Trinajstić information content (AvgIpc) is 3.97. The number of hydrogen-bond donors (Lipinski definition) is 0. The fourth-order valence-electron chi connectivity index (χ4n) is 9.42. The first-order valence-corrected chi connectivity index (χ1v) is 20.0. The zero-order valence-electron chi connectivity index (χ0n) is 27.1. The summed E-state index contributed by atoms with van der Waals surface area (Å²) in [5, 5.41) is 35.1. The van der Waals surface area contributed by atoms with E-state index in [2.05, 4.69) is 144 Å². The molecule has 0 amide bonds. The van der Waals surface area contributed by atoms with Gasteiger partial charge in [0.15, 0.2) is 0 Å². The van der Waals surface area contributed by atoms with E-state index in [9.17, 15) is 0 Å². The monoisotopic (exact) mass is 696 g/mol. The van der Waals surface area contributed by atoms with Crippen LogP contribution in [0.1, 0.15) is 0 Å². The molecule has 0 fully saturated rings. The van der Waals surface area contributed by atoms with E-state index >= 15 is 0 Å². The molecule has 0 saturated carbocycles. The van der Waals surface area contributed by atoms with Crippen LogP contribution in [0.4, 0.5) is 0 Å². The maximum atomic E-state index is 2.49. The van der Waals surface area contributed by atoms with E-state index in [-0.39, 0.29) is 0 Å². The van der Waals surface area contributed by atoms with Crippen LogP contribution in [0.15, 0.2) is 144 Å². The van der Waals surface area contributed by atoms with Crippen LogP contribution in [0.5, 0.6) is 0 Å². The second-order valence-corrected chi connectivity index (χ2v) is 16.7. The van der Waals surface area contributed by atoms with Crippen LogP contribution in [0.2, 0.25) is 0 Å². The number of rotatable bonds is 0. The first kappa shape index (κ1) is 27.2.